The van der Waals surface area contributed by atoms with Crippen LogP contribution in [0, 0.1) is 0 Å². The fourth-order valence-corrected chi connectivity index (χ4v) is 5.06. The van der Waals surface area contributed by atoms with E-state index in [2.05, 4.69) is 48.7 Å². The van der Waals surface area contributed by atoms with E-state index in [0.29, 0.717) is 10.7 Å². The van der Waals surface area contributed by atoms with Crippen LogP contribution in [0.3, 0.4) is 0 Å². The van der Waals surface area contributed by atoms with Crippen LogP contribution in [-0.4, -0.2) is 18.2 Å². The number of ether oxygens (including phenoxy) is 1. The predicted octanol–water partition coefficient (Wildman–Crippen LogP) is 5.02. The minimum absolute atomic E-state index is 0.0760. The molecule has 1 unspecified atom stereocenters. The van der Waals surface area contributed by atoms with Crippen molar-refractivity contribution < 1.29 is 9.53 Å². The van der Waals surface area contributed by atoms with Gasteiger partial charge in [-0.25, -0.2) is 4.79 Å². The summed E-state index contributed by atoms with van der Waals surface area (Å²) >= 11 is 7.14. The van der Waals surface area contributed by atoms with Crippen LogP contribution < -0.4 is 10.6 Å². The van der Waals surface area contributed by atoms with Crippen LogP contribution >= 0.6 is 23.6 Å². The van der Waals surface area contributed by atoms with E-state index >= 15 is 0 Å². The summed E-state index contributed by atoms with van der Waals surface area (Å²) in [4.78, 5) is 13.6. The van der Waals surface area contributed by atoms with Gasteiger partial charge in [-0.15, -0.1) is 11.3 Å². The minimum atomic E-state index is -0.289. The van der Waals surface area contributed by atoms with E-state index in [0.717, 1.165) is 36.2 Å². The Balaban J connectivity index is 1.73. The number of esters is 1. The van der Waals surface area contributed by atoms with Gasteiger partial charge < -0.3 is 15.4 Å². The highest BCUT2D eigenvalue weighted by Gasteiger charge is 2.26. The zero-order chi connectivity index (χ0) is 19.4. The molecule has 4 nitrogen and oxygen atoms in total. The Kier molecular flexibility index (Phi) is 6.50. The summed E-state index contributed by atoms with van der Waals surface area (Å²) in [5.41, 5.74) is 4.28. The zero-order valence-electron chi connectivity index (χ0n) is 16.1. The van der Waals surface area contributed by atoms with Gasteiger partial charge in [0.2, 0.25) is 0 Å². The summed E-state index contributed by atoms with van der Waals surface area (Å²) in [7, 11) is 1.43. The van der Waals surface area contributed by atoms with Gasteiger partial charge in [0.1, 0.15) is 5.00 Å². The quantitative estimate of drug-likeness (QED) is 0.543. The molecule has 1 aromatic carbocycles. The number of carbonyl (C=O) groups is 1. The van der Waals surface area contributed by atoms with Crippen molar-refractivity contribution in [2.24, 2.45) is 0 Å². The normalized spacial score (nSPS) is 14.2. The van der Waals surface area contributed by atoms with Crippen LogP contribution in [0.15, 0.2) is 24.3 Å². The molecule has 144 valence electrons. The lowest BCUT2D eigenvalue weighted by atomic mass is 9.95. The maximum absolute atomic E-state index is 12.3. The summed E-state index contributed by atoms with van der Waals surface area (Å²) < 4.78 is 5.02. The van der Waals surface area contributed by atoms with Crippen molar-refractivity contribution >= 4 is 39.6 Å². The van der Waals surface area contributed by atoms with Crippen molar-refractivity contribution in [2.45, 2.75) is 52.0 Å². The van der Waals surface area contributed by atoms with Crippen LogP contribution in [0.4, 0.5) is 5.00 Å². The first-order valence-electron chi connectivity index (χ1n) is 9.42. The Hall–Kier alpha value is -1.92. The fourth-order valence-electron chi connectivity index (χ4n) is 3.43. The summed E-state index contributed by atoms with van der Waals surface area (Å²) in [5, 5.41) is 7.88. The third-order valence-corrected chi connectivity index (χ3v) is 6.45. The lowest BCUT2D eigenvalue weighted by Crippen LogP contribution is -2.31. The molecule has 0 saturated heterocycles. The number of aryl methyl sites for hydroxylation is 2. The van der Waals surface area contributed by atoms with E-state index in [-0.39, 0.29) is 12.0 Å². The highest BCUT2D eigenvalue weighted by molar-refractivity contribution is 7.80. The van der Waals surface area contributed by atoms with Crippen LogP contribution in [0.2, 0.25) is 0 Å². The van der Waals surface area contributed by atoms with Crippen LogP contribution in [-0.2, 0) is 24.0 Å². The third-order valence-electron chi connectivity index (χ3n) is 5.02. The van der Waals surface area contributed by atoms with Gasteiger partial charge >= 0.3 is 5.97 Å². The standard InChI is InChI=1S/C21H26N2O2S2/c1-4-14-9-11-15(12-10-14)13(2)22-21(26)23-19-18(20(24)25-3)16-7-5-6-8-17(16)27-19/h9-13H,4-8H2,1-3H3,(H2,22,23,26). The number of benzene rings is 1. The number of thiocarbonyl (C=S) groups is 1. The molecule has 0 bridgehead atoms. The molecule has 0 saturated carbocycles. The Morgan fingerprint density at radius 1 is 1.26 bits per heavy atom. The first-order chi connectivity index (χ1) is 13.0. The number of nitrogens with one attached hydrogen (secondary N) is 2. The monoisotopic (exact) mass is 402 g/mol. The molecule has 0 amide bonds. The second kappa shape index (κ2) is 8.85. The molecule has 2 aromatic rings. The van der Waals surface area contributed by atoms with Crippen LogP contribution in [0.25, 0.3) is 0 Å². The van der Waals surface area contributed by atoms with Gasteiger partial charge in [-0.2, -0.15) is 0 Å². The van der Waals surface area contributed by atoms with E-state index in [9.17, 15) is 4.79 Å². The van der Waals surface area contributed by atoms with Crippen molar-refractivity contribution in [1.29, 1.82) is 0 Å². The summed E-state index contributed by atoms with van der Waals surface area (Å²) in [6.45, 7) is 4.23. The van der Waals surface area contributed by atoms with Gasteiger partial charge in [-0.3, -0.25) is 0 Å². The molecule has 0 fully saturated rings. The van der Waals surface area contributed by atoms with E-state index in [1.54, 1.807) is 11.3 Å². The van der Waals surface area contributed by atoms with E-state index in [1.807, 2.05) is 0 Å². The molecule has 1 aliphatic rings. The zero-order valence-corrected chi connectivity index (χ0v) is 17.7. The number of methoxy groups -OCH3 is 1. The molecule has 0 radical (unpaired) electrons. The van der Waals surface area contributed by atoms with E-state index in [1.165, 1.54) is 29.5 Å². The highest BCUT2D eigenvalue weighted by atomic mass is 32.1. The average molecular weight is 403 g/mol. The first-order valence-corrected chi connectivity index (χ1v) is 10.6. The van der Waals surface area contributed by atoms with Gasteiger partial charge in [-0.05, 0) is 67.9 Å². The molecule has 3 rings (SSSR count). The summed E-state index contributed by atoms with van der Waals surface area (Å²) in [6, 6.07) is 8.62. The molecular formula is C21H26N2O2S2. The molecule has 2 N–H and O–H groups in total. The number of thiophene rings is 1. The van der Waals surface area contributed by atoms with Crippen LogP contribution in [0.1, 0.15) is 64.7 Å². The Labute approximate surface area is 170 Å². The average Bonchev–Trinajstić information content (AvgIpc) is 3.04. The second-order valence-corrected chi connectivity index (χ2v) is 8.34. The maximum atomic E-state index is 12.3. The Morgan fingerprint density at radius 2 is 1.96 bits per heavy atom. The Morgan fingerprint density at radius 3 is 2.63 bits per heavy atom. The summed E-state index contributed by atoms with van der Waals surface area (Å²) in [5.74, 6) is -0.289. The molecular weight excluding hydrogens is 376 g/mol. The maximum Gasteiger partial charge on any atom is 0.341 e. The topological polar surface area (TPSA) is 50.4 Å². The minimum Gasteiger partial charge on any atom is -0.465 e. The van der Waals surface area contributed by atoms with Crippen LogP contribution in [0.5, 0.6) is 0 Å². The number of carbonyl (C=O) groups excluding carboxylic acids is 1. The summed E-state index contributed by atoms with van der Waals surface area (Å²) in [6.07, 6.45) is 5.26. The van der Waals surface area contributed by atoms with E-state index in [4.69, 9.17) is 17.0 Å². The number of hydrogen-bond donors (Lipinski definition) is 2. The second-order valence-electron chi connectivity index (χ2n) is 6.82. The molecule has 0 spiro atoms. The molecule has 1 aromatic heterocycles. The van der Waals surface area contributed by atoms with Crippen molar-refractivity contribution in [2.75, 3.05) is 12.4 Å². The largest absolute Gasteiger partial charge is 0.465 e. The SMILES string of the molecule is CCc1ccc(C(C)NC(=S)Nc2sc3c(c2C(=O)OC)CCCC3)cc1. The van der Waals surface area contributed by atoms with Crippen molar-refractivity contribution in [1.82, 2.24) is 5.32 Å². The lowest BCUT2D eigenvalue weighted by molar-refractivity contribution is 0.0601. The molecule has 1 heterocycles. The smallest absolute Gasteiger partial charge is 0.341 e. The number of rotatable bonds is 5. The van der Waals surface area contributed by atoms with Crippen molar-refractivity contribution in [3.63, 3.8) is 0 Å². The molecule has 1 atom stereocenters. The van der Waals surface area contributed by atoms with Gasteiger partial charge in [-0.1, -0.05) is 31.2 Å². The van der Waals surface area contributed by atoms with Gasteiger partial charge in [0.05, 0.1) is 18.7 Å². The van der Waals surface area contributed by atoms with Gasteiger partial charge in [0.25, 0.3) is 0 Å². The van der Waals surface area contributed by atoms with Gasteiger partial charge in [0, 0.05) is 4.88 Å². The molecule has 1 aliphatic carbocycles. The molecule has 0 aliphatic heterocycles. The molecule has 27 heavy (non-hydrogen) atoms. The first kappa shape index (κ1) is 19.8. The predicted molar refractivity (Wildman–Crippen MR) is 116 cm³/mol. The highest BCUT2D eigenvalue weighted by Crippen LogP contribution is 2.38. The number of hydrogen-bond acceptors (Lipinski definition) is 4. The van der Waals surface area contributed by atoms with Crippen molar-refractivity contribution in [3.8, 4) is 0 Å². The van der Waals surface area contributed by atoms with E-state index < -0.39 is 0 Å². The fraction of sp³-hybridized carbons (Fsp3) is 0.429. The number of anilines is 1. The number of fused-ring (bicyclic) bond motifs is 1. The van der Waals surface area contributed by atoms with Crippen molar-refractivity contribution in [3.05, 3.63) is 51.4 Å². The third kappa shape index (κ3) is 4.50. The molecule has 6 heteroatoms. The lowest BCUT2D eigenvalue weighted by Gasteiger charge is -2.18. The Bertz CT molecular complexity index is 827. The van der Waals surface area contributed by atoms with Gasteiger partial charge in [0.15, 0.2) is 5.11 Å².